The predicted octanol–water partition coefficient (Wildman–Crippen LogP) is 0.849. The zero-order valence-electron chi connectivity index (χ0n) is 13.7. The van der Waals surface area contributed by atoms with Gasteiger partial charge in [-0.25, -0.2) is 9.29 Å². The summed E-state index contributed by atoms with van der Waals surface area (Å²) >= 11 is 1.92. The van der Waals surface area contributed by atoms with Gasteiger partial charge in [0, 0.05) is 3.57 Å². The van der Waals surface area contributed by atoms with Gasteiger partial charge in [0.1, 0.15) is 17.3 Å². The lowest BCUT2D eigenvalue weighted by atomic mass is 9.65. The number of aliphatic hydroxyl groups is 2. The van der Waals surface area contributed by atoms with Crippen molar-refractivity contribution in [3.8, 4) is 6.07 Å². The highest BCUT2D eigenvalue weighted by Gasteiger charge is 2.85. The molecule has 0 aromatic heterocycles. The van der Waals surface area contributed by atoms with E-state index in [4.69, 9.17) is 10.00 Å². The van der Waals surface area contributed by atoms with Crippen LogP contribution >= 0.6 is 22.6 Å². The molecular formula is C17H14FIN2O5. The van der Waals surface area contributed by atoms with Crippen molar-refractivity contribution in [3.05, 3.63) is 27.3 Å². The Hall–Kier alpha value is -1.61. The summed E-state index contributed by atoms with van der Waals surface area (Å²) in [6.07, 6.45) is -2.24. The first-order valence-corrected chi connectivity index (χ1v) is 8.95. The van der Waals surface area contributed by atoms with Gasteiger partial charge in [-0.15, -0.1) is 0 Å². The molecule has 0 aliphatic carbocycles. The van der Waals surface area contributed by atoms with E-state index < -0.39 is 46.8 Å². The van der Waals surface area contributed by atoms with E-state index in [-0.39, 0.29) is 5.69 Å². The van der Waals surface area contributed by atoms with Crippen molar-refractivity contribution in [3.63, 3.8) is 0 Å². The summed E-state index contributed by atoms with van der Waals surface area (Å²) in [6, 6.07) is 6.46. The Morgan fingerprint density at radius 1 is 1.27 bits per heavy atom. The molecule has 2 N–H and O–H groups in total. The maximum atomic E-state index is 14.7. The number of hydrogen-bond donors (Lipinski definition) is 2. The molecule has 3 aliphatic rings. The van der Waals surface area contributed by atoms with E-state index >= 15 is 0 Å². The lowest BCUT2D eigenvalue weighted by Gasteiger charge is -2.40. The van der Waals surface area contributed by atoms with Gasteiger partial charge in [0.25, 0.3) is 0 Å². The minimum Gasteiger partial charge on any atom is -0.361 e. The smallest absolute Gasteiger partial charge is 0.240 e. The highest BCUT2D eigenvalue weighted by molar-refractivity contribution is 14.1. The summed E-state index contributed by atoms with van der Waals surface area (Å²) in [5.41, 5.74) is -3.11. The Balaban J connectivity index is 1.83. The Morgan fingerprint density at radius 3 is 2.46 bits per heavy atom. The third-order valence-corrected chi connectivity index (χ3v) is 6.76. The number of carbonyl (C=O) groups excluding carboxylic acids is 2. The van der Waals surface area contributed by atoms with Crippen LogP contribution in [0.4, 0.5) is 10.1 Å². The fourth-order valence-corrected chi connectivity index (χ4v) is 5.16. The van der Waals surface area contributed by atoms with Crippen LogP contribution < -0.4 is 4.90 Å². The van der Waals surface area contributed by atoms with E-state index in [1.165, 1.54) is 32.0 Å². The quantitative estimate of drug-likeness (QED) is 0.356. The Bertz CT molecular complexity index is 915. The summed E-state index contributed by atoms with van der Waals surface area (Å²) < 4.78 is 20.8. The molecule has 2 amide bonds. The first-order chi connectivity index (χ1) is 12.0. The molecule has 7 nitrogen and oxygen atoms in total. The number of fused-ring (bicyclic) bond motifs is 5. The second-order valence-electron chi connectivity index (χ2n) is 7.22. The first kappa shape index (κ1) is 17.8. The average Bonchev–Trinajstić information content (AvgIpc) is 3.04. The summed E-state index contributed by atoms with van der Waals surface area (Å²) in [5.74, 6) is -6.57. The fraction of sp³-hybridized carbons (Fsp3) is 0.471. The van der Waals surface area contributed by atoms with Crippen molar-refractivity contribution in [2.45, 2.75) is 37.0 Å². The van der Waals surface area contributed by atoms with Crippen LogP contribution in [0.2, 0.25) is 0 Å². The molecule has 5 atom stereocenters. The molecule has 0 saturated carbocycles. The van der Waals surface area contributed by atoms with Crippen LogP contribution in [0.25, 0.3) is 0 Å². The van der Waals surface area contributed by atoms with Crippen LogP contribution in [-0.2, 0) is 14.3 Å². The van der Waals surface area contributed by atoms with E-state index in [1.54, 1.807) is 0 Å². The van der Waals surface area contributed by atoms with Gasteiger partial charge in [-0.1, -0.05) is 0 Å². The minimum atomic E-state index is -2.88. The van der Waals surface area contributed by atoms with Gasteiger partial charge in [-0.3, -0.25) is 9.59 Å². The number of anilines is 1. The number of benzene rings is 1. The molecule has 0 radical (unpaired) electrons. The number of amides is 2. The number of nitrogens with zero attached hydrogens (tertiary/aromatic N) is 2. The summed E-state index contributed by atoms with van der Waals surface area (Å²) in [6.45, 7) is 2.53. The fourth-order valence-electron chi connectivity index (χ4n) is 4.54. The van der Waals surface area contributed by atoms with Gasteiger partial charge in [0.05, 0.1) is 23.1 Å². The van der Waals surface area contributed by atoms with Crippen LogP contribution in [0.15, 0.2) is 18.2 Å². The molecule has 3 aliphatic heterocycles. The summed E-state index contributed by atoms with van der Waals surface area (Å²) in [4.78, 5) is 26.9. The minimum absolute atomic E-state index is 0.251. The number of hydrogen-bond acceptors (Lipinski definition) is 6. The van der Waals surface area contributed by atoms with E-state index in [1.807, 2.05) is 28.7 Å². The van der Waals surface area contributed by atoms with Crippen molar-refractivity contribution in [1.82, 2.24) is 0 Å². The molecule has 9 heteroatoms. The van der Waals surface area contributed by atoms with Crippen LogP contribution in [-0.4, -0.2) is 45.2 Å². The Labute approximate surface area is 161 Å². The van der Waals surface area contributed by atoms with Gasteiger partial charge in [0.15, 0.2) is 6.17 Å². The highest BCUT2D eigenvalue weighted by atomic mass is 127. The standard InChI is InChI=1S/C17H14FIN2O5/c1-15-10-11(16(2,26-15)17(24,25)14(15)18)13(23)21(12(10)22)8-4-3-7(6-20)9(19)5-8/h3-5,10-11,14,24-25H,1-2H3/t10-,11+,14+,15?,16?/m0/s1. The molecule has 3 saturated heterocycles. The van der Waals surface area contributed by atoms with Crippen molar-refractivity contribution in [2.24, 2.45) is 11.8 Å². The third kappa shape index (κ3) is 1.76. The van der Waals surface area contributed by atoms with Crippen molar-refractivity contribution < 1.29 is 28.9 Å². The van der Waals surface area contributed by atoms with E-state index in [2.05, 4.69) is 0 Å². The molecule has 4 rings (SSSR count). The zero-order chi connectivity index (χ0) is 19.2. The van der Waals surface area contributed by atoms with Crippen molar-refractivity contribution in [1.29, 1.82) is 5.26 Å². The molecule has 26 heavy (non-hydrogen) atoms. The molecule has 136 valence electrons. The molecule has 0 spiro atoms. The van der Waals surface area contributed by atoms with Crippen LogP contribution in [0.3, 0.4) is 0 Å². The number of nitriles is 1. The van der Waals surface area contributed by atoms with E-state index in [9.17, 15) is 24.2 Å². The maximum absolute atomic E-state index is 14.7. The van der Waals surface area contributed by atoms with E-state index in [0.717, 1.165) is 4.90 Å². The largest absolute Gasteiger partial charge is 0.361 e. The van der Waals surface area contributed by atoms with Crippen LogP contribution in [0, 0.1) is 26.7 Å². The Kier molecular flexibility index (Phi) is 3.43. The summed E-state index contributed by atoms with van der Waals surface area (Å²) in [5, 5.41) is 29.5. The van der Waals surface area contributed by atoms with Crippen LogP contribution in [0.1, 0.15) is 19.4 Å². The van der Waals surface area contributed by atoms with Gasteiger partial charge in [-0.05, 0) is 54.6 Å². The first-order valence-electron chi connectivity index (χ1n) is 7.87. The van der Waals surface area contributed by atoms with Crippen molar-refractivity contribution in [2.75, 3.05) is 4.90 Å². The number of rotatable bonds is 1. The number of alkyl halides is 1. The second kappa shape index (κ2) is 5.01. The number of halogens is 2. The second-order valence-corrected chi connectivity index (χ2v) is 8.39. The van der Waals surface area contributed by atoms with Gasteiger partial charge < -0.3 is 14.9 Å². The van der Waals surface area contributed by atoms with Crippen LogP contribution in [0.5, 0.6) is 0 Å². The zero-order valence-corrected chi connectivity index (χ0v) is 15.9. The lowest BCUT2D eigenvalue weighted by Crippen LogP contribution is -2.64. The molecule has 2 bridgehead atoms. The summed E-state index contributed by atoms with van der Waals surface area (Å²) in [7, 11) is 0. The molecule has 3 heterocycles. The normalized spacial score (nSPS) is 40.0. The molecule has 2 unspecified atom stereocenters. The molecule has 1 aromatic rings. The van der Waals surface area contributed by atoms with Gasteiger partial charge in [-0.2, -0.15) is 5.26 Å². The third-order valence-electron chi connectivity index (χ3n) is 5.87. The van der Waals surface area contributed by atoms with Gasteiger partial charge >= 0.3 is 0 Å². The molecular weight excluding hydrogens is 458 g/mol. The van der Waals surface area contributed by atoms with Gasteiger partial charge in [0.2, 0.25) is 17.6 Å². The maximum Gasteiger partial charge on any atom is 0.240 e. The highest BCUT2D eigenvalue weighted by Crippen LogP contribution is 2.64. The van der Waals surface area contributed by atoms with E-state index in [0.29, 0.717) is 9.13 Å². The molecule has 3 fully saturated rings. The topological polar surface area (TPSA) is 111 Å². The lowest BCUT2D eigenvalue weighted by molar-refractivity contribution is -0.266. The monoisotopic (exact) mass is 472 g/mol. The SMILES string of the molecule is CC12OC(C)([C@H]3C(=O)N(c4ccc(C#N)c(I)c4)C(=O)[C@H]31)C(O)(O)[C@@H]2F. The van der Waals surface area contributed by atoms with Crippen molar-refractivity contribution >= 4 is 40.1 Å². The number of carbonyl (C=O) groups is 2. The molecule has 1 aromatic carbocycles. The number of imide groups is 1. The Morgan fingerprint density at radius 2 is 1.88 bits per heavy atom. The average molecular weight is 472 g/mol. The number of ether oxygens (including phenoxy) is 1. The predicted molar refractivity (Wildman–Crippen MR) is 93.3 cm³/mol.